The van der Waals surface area contributed by atoms with Crippen LogP contribution in [0.2, 0.25) is 0 Å². The SMILES string of the molecule is CC(C)(C)C1CC(=O)NC(C(C)(C)C)C1. The van der Waals surface area contributed by atoms with E-state index in [2.05, 4.69) is 46.9 Å². The summed E-state index contributed by atoms with van der Waals surface area (Å²) in [4.78, 5) is 11.7. The van der Waals surface area contributed by atoms with Gasteiger partial charge in [0.25, 0.3) is 0 Å². The van der Waals surface area contributed by atoms with Crippen LogP contribution in [0.3, 0.4) is 0 Å². The normalized spacial score (nSPS) is 28.8. The van der Waals surface area contributed by atoms with Crippen LogP contribution in [-0.4, -0.2) is 11.9 Å². The third-order valence-electron chi connectivity index (χ3n) is 3.56. The molecule has 1 aliphatic heterocycles. The molecule has 2 heteroatoms. The van der Waals surface area contributed by atoms with Gasteiger partial charge in [-0.05, 0) is 23.2 Å². The molecule has 1 amide bonds. The van der Waals surface area contributed by atoms with Crippen molar-refractivity contribution in [1.29, 1.82) is 0 Å². The molecule has 0 aromatic carbocycles. The summed E-state index contributed by atoms with van der Waals surface area (Å²) >= 11 is 0. The zero-order valence-corrected chi connectivity index (χ0v) is 11.0. The van der Waals surface area contributed by atoms with Crippen molar-refractivity contribution in [3.8, 4) is 0 Å². The lowest BCUT2D eigenvalue weighted by Crippen LogP contribution is -2.51. The Balaban J connectivity index is 2.77. The van der Waals surface area contributed by atoms with E-state index in [0.717, 1.165) is 6.42 Å². The van der Waals surface area contributed by atoms with Crippen LogP contribution >= 0.6 is 0 Å². The van der Waals surface area contributed by atoms with Crippen molar-refractivity contribution in [2.24, 2.45) is 16.7 Å². The highest BCUT2D eigenvalue weighted by molar-refractivity contribution is 5.77. The predicted molar refractivity (Wildman–Crippen MR) is 63.6 cm³/mol. The van der Waals surface area contributed by atoms with Gasteiger partial charge < -0.3 is 5.32 Å². The van der Waals surface area contributed by atoms with Crippen LogP contribution in [0, 0.1) is 16.7 Å². The van der Waals surface area contributed by atoms with E-state index in [0.29, 0.717) is 18.4 Å². The number of amides is 1. The van der Waals surface area contributed by atoms with Crippen molar-refractivity contribution in [1.82, 2.24) is 5.32 Å². The number of carbonyl (C=O) groups excluding carboxylic acids is 1. The topological polar surface area (TPSA) is 29.1 Å². The van der Waals surface area contributed by atoms with E-state index >= 15 is 0 Å². The molecule has 0 bridgehead atoms. The molecule has 0 saturated carbocycles. The number of carbonyl (C=O) groups is 1. The minimum Gasteiger partial charge on any atom is -0.353 e. The molecule has 15 heavy (non-hydrogen) atoms. The highest BCUT2D eigenvalue weighted by Crippen LogP contribution is 2.38. The van der Waals surface area contributed by atoms with Gasteiger partial charge in [0.1, 0.15) is 0 Å². The van der Waals surface area contributed by atoms with Crippen LogP contribution in [0.4, 0.5) is 0 Å². The molecule has 0 aromatic heterocycles. The maximum atomic E-state index is 11.7. The predicted octanol–water partition coefficient (Wildman–Crippen LogP) is 2.97. The first-order chi connectivity index (χ1) is 6.60. The largest absolute Gasteiger partial charge is 0.353 e. The Morgan fingerprint density at radius 1 is 1.07 bits per heavy atom. The Labute approximate surface area is 93.8 Å². The zero-order chi connectivity index (χ0) is 11.9. The fourth-order valence-corrected chi connectivity index (χ4v) is 2.13. The number of nitrogens with one attached hydrogen (secondary N) is 1. The van der Waals surface area contributed by atoms with E-state index in [9.17, 15) is 4.79 Å². The summed E-state index contributed by atoms with van der Waals surface area (Å²) in [6, 6.07) is 0.322. The zero-order valence-electron chi connectivity index (χ0n) is 11.0. The average Bonchev–Trinajstić information content (AvgIpc) is 1.99. The summed E-state index contributed by atoms with van der Waals surface area (Å²) in [5.74, 6) is 0.733. The minimum absolute atomic E-state index is 0.166. The van der Waals surface area contributed by atoms with E-state index in [1.807, 2.05) is 0 Å². The fourth-order valence-electron chi connectivity index (χ4n) is 2.13. The molecule has 1 heterocycles. The average molecular weight is 211 g/mol. The van der Waals surface area contributed by atoms with Gasteiger partial charge in [-0.1, -0.05) is 41.5 Å². The molecule has 2 atom stereocenters. The van der Waals surface area contributed by atoms with Gasteiger partial charge in [0.2, 0.25) is 5.91 Å². The Morgan fingerprint density at radius 2 is 1.60 bits per heavy atom. The number of hydrogen-bond acceptors (Lipinski definition) is 1. The van der Waals surface area contributed by atoms with E-state index < -0.39 is 0 Å². The van der Waals surface area contributed by atoms with Gasteiger partial charge in [0.15, 0.2) is 0 Å². The minimum atomic E-state index is 0.166. The molecule has 2 nitrogen and oxygen atoms in total. The maximum absolute atomic E-state index is 11.7. The molecule has 1 rings (SSSR count). The molecule has 0 radical (unpaired) electrons. The molecule has 1 fully saturated rings. The number of piperidine rings is 1. The summed E-state index contributed by atoms with van der Waals surface area (Å²) < 4.78 is 0. The summed E-state index contributed by atoms with van der Waals surface area (Å²) in [5.41, 5.74) is 0.404. The summed E-state index contributed by atoms with van der Waals surface area (Å²) in [6.45, 7) is 13.3. The molecular weight excluding hydrogens is 186 g/mol. The molecule has 1 N–H and O–H groups in total. The third-order valence-corrected chi connectivity index (χ3v) is 3.56. The van der Waals surface area contributed by atoms with E-state index in [1.54, 1.807) is 0 Å². The highest BCUT2D eigenvalue weighted by atomic mass is 16.1. The van der Waals surface area contributed by atoms with E-state index in [1.165, 1.54) is 0 Å². The second kappa shape index (κ2) is 3.80. The highest BCUT2D eigenvalue weighted by Gasteiger charge is 2.38. The van der Waals surface area contributed by atoms with Gasteiger partial charge in [-0.15, -0.1) is 0 Å². The van der Waals surface area contributed by atoms with Crippen LogP contribution in [0.25, 0.3) is 0 Å². The molecule has 0 aliphatic carbocycles. The molecule has 1 saturated heterocycles. The first-order valence-corrected chi connectivity index (χ1v) is 5.90. The van der Waals surface area contributed by atoms with E-state index in [-0.39, 0.29) is 16.7 Å². The number of hydrogen-bond donors (Lipinski definition) is 1. The monoisotopic (exact) mass is 211 g/mol. The molecular formula is C13H25NO. The summed E-state index contributed by atoms with van der Waals surface area (Å²) in [6.07, 6.45) is 1.80. The lowest BCUT2D eigenvalue weighted by Gasteiger charge is -2.42. The van der Waals surface area contributed by atoms with Crippen LogP contribution < -0.4 is 5.32 Å². The maximum Gasteiger partial charge on any atom is 0.220 e. The van der Waals surface area contributed by atoms with Gasteiger partial charge in [0.05, 0.1) is 0 Å². The van der Waals surface area contributed by atoms with Crippen molar-refractivity contribution >= 4 is 5.91 Å². The third kappa shape index (κ3) is 3.22. The van der Waals surface area contributed by atoms with E-state index in [4.69, 9.17) is 0 Å². The van der Waals surface area contributed by atoms with Crippen LogP contribution in [0.1, 0.15) is 54.4 Å². The standard InChI is InChI=1S/C13H25NO/c1-12(2,3)9-7-10(13(4,5)6)14-11(15)8-9/h9-10H,7-8H2,1-6H3,(H,14,15). The number of rotatable bonds is 0. The molecule has 88 valence electrons. The van der Waals surface area contributed by atoms with Crippen molar-refractivity contribution in [3.63, 3.8) is 0 Å². The lowest BCUT2D eigenvalue weighted by atomic mass is 9.69. The second-order valence-electron chi connectivity index (χ2n) is 6.99. The van der Waals surface area contributed by atoms with Crippen LogP contribution in [-0.2, 0) is 4.79 Å². The lowest BCUT2D eigenvalue weighted by molar-refractivity contribution is -0.127. The Hall–Kier alpha value is -0.530. The molecule has 2 unspecified atom stereocenters. The Kier molecular flexibility index (Phi) is 3.18. The van der Waals surface area contributed by atoms with Crippen molar-refractivity contribution in [2.75, 3.05) is 0 Å². The molecule has 0 spiro atoms. The first kappa shape index (κ1) is 12.5. The van der Waals surface area contributed by atoms with Crippen molar-refractivity contribution in [2.45, 2.75) is 60.4 Å². The Morgan fingerprint density at radius 3 is 2.00 bits per heavy atom. The van der Waals surface area contributed by atoms with Crippen LogP contribution in [0.5, 0.6) is 0 Å². The van der Waals surface area contributed by atoms with Gasteiger partial charge in [0, 0.05) is 12.5 Å². The summed E-state index contributed by atoms with van der Waals surface area (Å²) in [5, 5.41) is 3.12. The van der Waals surface area contributed by atoms with Gasteiger partial charge >= 0.3 is 0 Å². The summed E-state index contributed by atoms with van der Waals surface area (Å²) in [7, 11) is 0. The smallest absolute Gasteiger partial charge is 0.220 e. The van der Waals surface area contributed by atoms with Crippen molar-refractivity contribution in [3.05, 3.63) is 0 Å². The van der Waals surface area contributed by atoms with Crippen LogP contribution in [0.15, 0.2) is 0 Å². The van der Waals surface area contributed by atoms with Gasteiger partial charge in [-0.2, -0.15) is 0 Å². The van der Waals surface area contributed by atoms with Crippen molar-refractivity contribution < 1.29 is 4.79 Å². The fraction of sp³-hybridized carbons (Fsp3) is 0.923. The molecule has 1 aliphatic rings. The second-order valence-corrected chi connectivity index (χ2v) is 6.99. The Bertz CT molecular complexity index is 220. The quantitative estimate of drug-likeness (QED) is 0.655. The van der Waals surface area contributed by atoms with Gasteiger partial charge in [-0.25, -0.2) is 0 Å². The molecule has 0 aromatic rings. The first-order valence-electron chi connectivity index (χ1n) is 5.90. The van der Waals surface area contributed by atoms with Gasteiger partial charge in [-0.3, -0.25) is 4.79 Å².